The summed E-state index contributed by atoms with van der Waals surface area (Å²) in [6, 6.07) is 9.15. The molecule has 184 valence electrons. The first-order chi connectivity index (χ1) is 16.5. The molecule has 0 bridgehead atoms. The van der Waals surface area contributed by atoms with Crippen molar-refractivity contribution in [3.63, 3.8) is 0 Å². The third kappa shape index (κ3) is 5.21. The lowest BCUT2D eigenvalue weighted by atomic mass is 9.76. The van der Waals surface area contributed by atoms with Crippen molar-refractivity contribution in [2.24, 2.45) is 5.92 Å². The van der Waals surface area contributed by atoms with Crippen LogP contribution in [0.15, 0.2) is 30.3 Å². The van der Waals surface area contributed by atoms with Gasteiger partial charge in [-0.05, 0) is 110 Å². The summed E-state index contributed by atoms with van der Waals surface area (Å²) in [6.45, 7) is 0.687. The van der Waals surface area contributed by atoms with E-state index in [1.165, 1.54) is 0 Å². The Morgan fingerprint density at radius 3 is 2.12 bits per heavy atom. The second-order valence-corrected chi connectivity index (χ2v) is 10.5. The molecule has 0 spiro atoms. The van der Waals surface area contributed by atoms with Crippen LogP contribution in [0, 0.1) is 23.4 Å². The van der Waals surface area contributed by atoms with Crippen LogP contribution in [0.4, 0.5) is 13.2 Å². The van der Waals surface area contributed by atoms with Crippen molar-refractivity contribution >= 4 is 0 Å². The highest BCUT2D eigenvalue weighted by atomic mass is 19.2. The molecule has 5 heteroatoms. The summed E-state index contributed by atoms with van der Waals surface area (Å²) in [7, 11) is 1.72. The lowest BCUT2D eigenvalue weighted by Gasteiger charge is -2.29. The fraction of sp³-hybridized carbons (Fsp3) is 0.586. The fourth-order valence-electron chi connectivity index (χ4n) is 6.16. The summed E-state index contributed by atoms with van der Waals surface area (Å²) >= 11 is 0. The average Bonchev–Trinajstić information content (AvgIpc) is 3.71. The van der Waals surface area contributed by atoms with Crippen LogP contribution in [0.1, 0.15) is 98.0 Å². The van der Waals surface area contributed by atoms with Crippen molar-refractivity contribution in [2.45, 2.75) is 88.3 Å². The average molecular weight is 473 g/mol. The molecule has 2 aliphatic carbocycles. The summed E-state index contributed by atoms with van der Waals surface area (Å²) in [5, 5.41) is 0. The Labute approximate surface area is 200 Å². The molecule has 34 heavy (non-hydrogen) atoms. The van der Waals surface area contributed by atoms with Gasteiger partial charge in [0.2, 0.25) is 0 Å². The Bertz CT molecular complexity index is 987. The minimum atomic E-state index is -0.665. The Hall–Kier alpha value is -1.85. The van der Waals surface area contributed by atoms with E-state index < -0.39 is 11.6 Å². The van der Waals surface area contributed by atoms with Gasteiger partial charge in [0.1, 0.15) is 11.9 Å². The number of epoxide rings is 1. The molecule has 3 fully saturated rings. The summed E-state index contributed by atoms with van der Waals surface area (Å²) in [5.74, 6) is -0.641. The second kappa shape index (κ2) is 10.4. The molecule has 2 saturated carbocycles. The second-order valence-electron chi connectivity index (χ2n) is 10.5. The molecule has 0 aromatic heterocycles. The number of aryl methyl sites for hydroxylation is 1. The van der Waals surface area contributed by atoms with Gasteiger partial charge in [-0.2, -0.15) is 0 Å². The van der Waals surface area contributed by atoms with Crippen molar-refractivity contribution in [3.05, 3.63) is 70.0 Å². The zero-order valence-corrected chi connectivity index (χ0v) is 20.0. The number of methoxy groups -OCH3 is 1. The maximum atomic E-state index is 14.9. The van der Waals surface area contributed by atoms with Crippen molar-refractivity contribution in [1.82, 2.24) is 0 Å². The highest BCUT2D eigenvalue weighted by Gasteiger charge is 2.29. The number of benzene rings is 2. The number of ether oxygens (including phenoxy) is 2. The van der Waals surface area contributed by atoms with E-state index in [1.54, 1.807) is 19.2 Å². The number of hydrogen-bond acceptors (Lipinski definition) is 2. The lowest BCUT2D eigenvalue weighted by Crippen LogP contribution is -2.20. The van der Waals surface area contributed by atoms with E-state index >= 15 is 0 Å². The predicted octanol–water partition coefficient (Wildman–Crippen LogP) is 7.75. The molecule has 1 aliphatic heterocycles. The SMILES string of the molecule is COC1CCC(c2ccc(CCC3CCC(c4ccc(C5CO5)cc4F)CC3)c(F)c2F)CC1. The molecule has 0 radical (unpaired) electrons. The molecule has 5 rings (SSSR count). The van der Waals surface area contributed by atoms with Crippen molar-refractivity contribution in [1.29, 1.82) is 0 Å². The third-order valence-corrected chi connectivity index (χ3v) is 8.48. The van der Waals surface area contributed by atoms with Crippen LogP contribution < -0.4 is 0 Å². The molecule has 3 aliphatic rings. The lowest BCUT2D eigenvalue weighted by molar-refractivity contribution is 0.0655. The smallest absolute Gasteiger partial charge is 0.162 e. The molecular formula is C29H35F3O2. The minimum Gasteiger partial charge on any atom is -0.381 e. The van der Waals surface area contributed by atoms with E-state index in [4.69, 9.17) is 9.47 Å². The zero-order chi connectivity index (χ0) is 23.7. The van der Waals surface area contributed by atoms with Gasteiger partial charge >= 0.3 is 0 Å². The minimum absolute atomic E-state index is 0.0734. The Balaban J connectivity index is 1.14. The van der Waals surface area contributed by atoms with E-state index in [9.17, 15) is 13.2 Å². The summed E-state index contributed by atoms with van der Waals surface area (Å²) < 4.78 is 55.1. The van der Waals surface area contributed by atoms with Crippen LogP contribution in [0.3, 0.4) is 0 Å². The van der Waals surface area contributed by atoms with Gasteiger partial charge in [0.25, 0.3) is 0 Å². The molecule has 0 N–H and O–H groups in total. The molecule has 1 atom stereocenters. The van der Waals surface area contributed by atoms with Gasteiger partial charge in [-0.25, -0.2) is 13.2 Å². The van der Waals surface area contributed by atoms with Crippen LogP contribution >= 0.6 is 0 Å². The summed E-state index contributed by atoms with van der Waals surface area (Å²) in [6.07, 6.45) is 9.10. The first kappa shape index (κ1) is 23.9. The predicted molar refractivity (Wildman–Crippen MR) is 126 cm³/mol. The highest BCUT2D eigenvalue weighted by molar-refractivity contribution is 5.31. The quantitative estimate of drug-likeness (QED) is 0.384. The fourth-order valence-corrected chi connectivity index (χ4v) is 6.16. The summed E-state index contributed by atoms with van der Waals surface area (Å²) in [4.78, 5) is 0. The van der Waals surface area contributed by atoms with E-state index in [1.807, 2.05) is 18.2 Å². The van der Waals surface area contributed by atoms with E-state index in [0.29, 0.717) is 30.1 Å². The van der Waals surface area contributed by atoms with Gasteiger partial charge in [0.05, 0.1) is 12.7 Å². The van der Waals surface area contributed by atoms with Crippen LogP contribution in [0.25, 0.3) is 0 Å². The third-order valence-electron chi connectivity index (χ3n) is 8.48. The Morgan fingerprint density at radius 2 is 1.47 bits per heavy atom. The van der Waals surface area contributed by atoms with Crippen LogP contribution in [0.2, 0.25) is 0 Å². The van der Waals surface area contributed by atoms with Crippen LogP contribution in [-0.2, 0) is 15.9 Å². The van der Waals surface area contributed by atoms with Crippen molar-refractivity contribution < 1.29 is 22.6 Å². The van der Waals surface area contributed by atoms with Gasteiger partial charge in [-0.1, -0.05) is 24.3 Å². The van der Waals surface area contributed by atoms with Crippen molar-refractivity contribution in [3.8, 4) is 0 Å². The van der Waals surface area contributed by atoms with Gasteiger partial charge < -0.3 is 9.47 Å². The molecule has 0 amide bonds. The highest BCUT2D eigenvalue weighted by Crippen LogP contribution is 2.41. The molecule has 2 aromatic rings. The van der Waals surface area contributed by atoms with Gasteiger partial charge in [0.15, 0.2) is 11.6 Å². The molecule has 2 nitrogen and oxygen atoms in total. The van der Waals surface area contributed by atoms with Gasteiger partial charge in [0, 0.05) is 7.11 Å². The van der Waals surface area contributed by atoms with E-state index in [-0.39, 0.29) is 29.9 Å². The largest absolute Gasteiger partial charge is 0.381 e. The zero-order valence-electron chi connectivity index (χ0n) is 20.0. The monoisotopic (exact) mass is 472 g/mol. The molecule has 1 saturated heterocycles. The maximum Gasteiger partial charge on any atom is 0.162 e. The molecule has 1 unspecified atom stereocenters. The standard InChI is InChI=1S/C29H35F3O2/c1-33-23-12-8-20(9-13-23)25-15-10-21(28(31)29(25)32)7-4-18-2-5-19(6-3-18)24-14-11-22(16-26(24)30)27-17-34-27/h10-11,14-16,18-20,23,27H,2-9,12-13,17H2,1H3. The first-order valence-corrected chi connectivity index (χ1v) is 12.9. The van der Waals surface area contributed by atoms with Gasteiger partial charge in [-0.15, -0.1) is 0 Å². The molecule has 2 aromatic carbocycles. The molecule has 1 heterocycles. The molecular weight excluding hydrogens is 437 g/mol. The summed E-state index contributed by atoms with van der Waals surface area (Å²) in [5.41, 5.74) is 2.75. The Kier molecular flexibility index (Phi) is 7.31. The number of hydrogen-bond donors (Lipinski definition) is 0. The number of halogens is 3. The van der Waals surface area contributed by atoms with Gasteiger partial charge in [-0.3, -0.25) is 0 Å². The van der Waals surface area contributed by atoms with Crippen molar-refractivity contribution in [2.75, 3.05) is 13.7 Å². The topological polar surface area (TPSA) is 21.8 Å². The van der Waals surface area contributed by atoms with Crippen LogP contribution in [-0.4, -0.2) is 19.8 Å². The Morgan fingerprint density at radius 1 is 0.824 bits per heavy atom. The van der Waals surface area contributed by atoms with Crippen LogP contribution in [0.5, 0.6) is 0 Å². The van der Waals surface area contributed by atoms with E-state index in [0.717, 1.165) is 68.9 Å². The first-order valence-electron chi connectivity index (χ1n) is 12.9. The van der Waals surface area contributed by atoms with E-state index in [2.05, 4.69) is 0 Å². The number of rotatable bonds is 7. The normalized spacial score (nSPS) is 29.2. The maximum absolute atomic E-state index is 14.9.